The summed E-state index contributed by atoms with van der Waals surface area (Å²) in [6, 6.07) is 6.38. The molecule has 188 valence electrons. The van der Waals surface area contributed by atoms with Crippen molar-refractivity contribution in [2.45, 2.75) is 38.4 Å². The third-order valence-corrected chi connectivity index (χ3v) is 6.07. The fraction of sp³-hybridized carbons (Fsp3) is 0.417. The van der Waals surface area contributed by atoms with E-state index in [0.717, 1.165) is 19.4 Å². The van der Waals surface area contributed by atoms with Crippen molar-refractivity contribution in [1.82, 2.24) is 19.9 Å². The number of halogens is 1. The number of pyridine rings is 1. The van der Waals surface area contributed by atoms with Crippen LogP contribution in [0.3, 0.4) is 0 Å². The fourth-order valence-corrected chi connectivity index (χ4v) is 4.83. The van der Waals surface area contributed by atoms with E-state index in [1.54, 1.807) is 38.2 Å². The Hall–Kier alpha value is -3.02. The summed E-state index contributed by atoms with van der Waals surface area (Å²) in [5.41, 5.74) is 0.423. The van der Waals surface area contributed by atoms with Crippen LogP contribution in [-0.4, -0.2) is 72.6 Å². The molecule has 1 aromatic carbocycles. The van der Waals surface area contributed by atoms with Crippen LogP contribution in [0.2, 0.25) is 0 Å². The molecule has 1 saturated heterocycles. The number of piperidine rings is 1. The van der Waals surface area contributed by atoms with Gasteiger partial charge < -0.3 is 19.9 Å². The van der Waals surface area contributed by atoms with Gasteiger partial charge in [0.05, 0.1) is 22.2 Å². The summed E-state index contributed by atoms with van der Waals surface area (Å²) in [5, 5.41) is 13.5. The highest BCUT2D eigenvalue weighted by Gasteiger charge is 2.26. The molecule has 35 heavy (non-hydrogen) atoms. The fourth-order valence-electron chi connectivity index (χ4n) is 4.21. The number of rotatable bonds is 8. The molecule has 2 atom stereocenters. The first-order valence-electron chi connectivity index (χ1n) is 11.3. The van der Waals surface area contributed by atoms with Crippen LogP contribution in [0.25, 0.3) is 10.9 Å². The van der Waals surface area contributed by atoms with Gasteiger partial charge in [-0.15, -0.1) is 0 Å². The van der Waals surface area contributed by atoms with Crippen LogP contribution in [0.5, 0.6) is 5.88 Å². The highest BCUT2D eigenvalue weighted by atomic mass is 32.2. The van der Waals surface area contributed by atoms with Gasteiger partial charge in [-0.05, 0) is 63.4 Å². The summed E-state index contributed by atoms with van der Waals surface area (Å²) >= 11 is 0. The molecule has 3 N–H and O–H groups in total. The summed E-state index contributed by atoms with van der Waals surface area (Å²) in [7, 11) is -2.57. The minimum absolute atomic E-state index is 0.0967. The van der Waals surface area contributed by atoms with Gasteiger partial charge in [0.25, 0.3) is 0 Å². The van der Waals surface area contributed by atoms with Gasteiger partial charge >= 0.3 is 0 Å². The molecule has 1 aliphatic heterocycles. The average molecular weight is 503 g/mol. The van der Waals surface area contributed by atoms with Crippen LogP contribution in [0.15, 0.2) is 36.8 Å². The summed E-state index contributed by atoms with van der Waals surface area (Å²) < 4.78 is 36.0. The van der Waals surface area contributed by atoms with Crippen molar-refractivity contribution in [3.63, 3.8) is 0 Å². The number of anilines is 3. The van der Waals surface area contributed by atoms with Gasteiger partial charge in [-0.1, -0.05) is 0 Å². The molecule has 0 saturated carbocycles. The van der Waals surface area contributed by atoms with Gasteiger partial charge in [0.2, 0.25) is 5.88 Å². The number of hydrogen-bond acceptors (Lipinski definition) is 8. The Kier molecular flexibility index (Phi) is 7.11. The number of ether oxygens (including phenoxy) is 1. The summed E-state index contributed by atoms with van der Waals surface area (Å²) in [6.07, 6.45) is 6.12. The van der Waals surface area contributed by atoms with Crippen molar-refractivity contribution < 1.29 is 18.4 Å². The molecule has 1 aliphatic rings. The van der Waals surface area contributed by atoms with E-state index in [2.05, 4.69) is 35.8 Å². The Morgan fingerprint density at radius 3 is 2.89 bits per heavy atom. The third-order valence-electron chi connectivity index (χ3n) is 5.40. The van der Waals surface area contributed by atoms with E-state index in [-0.39, 0.29) is 17.3 Å². The average Bonchev–Trinajstić information content (AvgIpc) is 2.73. The predicted octanol–water partition coefficient (Wildman–Crippen LogP) is 3.19. The van der Waals surface area contributed by atoms with E-state index in [1.807, 2.05) is 0 Å². The molecule has 0 bridgehead atoms. The molecule has 9 nitrogen and oxygen atoms in total. The number of fused-ring (bicyclic) bond motifs is 1. The maximum absolute atomic E-state index is 15.1. The Balaban J connectivity index is 1.57. The first-order valence-corrected chi connectivity index (χ1v) is 13.5. The third kappa shape index (κ3) is 6.77. The lowest BCUT2D eigenvalue weighted by molar-refractivity contribution is 0.00664. The molecule has 4 rings (SSSR count). The van der Waals surface area contributed by atoms with E-state index in [4.69, 9.17) is 4.74 Å². The lowest BCUT2D eigenvalue weighted by Crippen LogP contribution is -2.47. The standard InChI is InChI=1S/C24H31FN6O3S/c1-24(2,32)14-31-10-6-7-17(13-31)34-23-19(8-5-9-26-23)29-22-21-18(25)11-16(30-35(3,4)33)12-20(21)27-15-28-22/h5,8-9,11-12,15,17,32H,3,6-7,10,13-14H2,1-2,4H3,(H,30,33)(H,27,28,29). The molecule has 0 aliphatic carbocycles. The second-order valence-corrected chi connectivity index (χ2v) is 11.8. The van der Waals surface area contributed by atoms with Gasteiger partial charge in [0, 0.05) is 35.2 Å². The van der Waals surface area contributed by atoms with Crippen molar-refractivity contribution in [1.29, 1.82) is 0 Å². The Bertz CT molecular complexity index is 1310. The maximum atomic E-state index is 15.1. The second kappa shape index (κ2) is 9.92. The van der Waals surface area contributed by atoms with Crippen LogP contribution in [0, 0.1) is 5.82 Å². The van der Waals surface area contributed by atoms with Crippen molar-refractivity contribution in [3.05, 3.63) is 42.6 Å². The number of benzene rings is 1. The van der Waals surface area contributed by atoms with Crippen molar-refractivity contribution >= 4 is 43.7 Å². The minimum Gasteiger partial charge on any atom is -0.472 e. The smallest absolute Gasteiger partial charge is 0.238 e. The maximum Gasteiger partial charge on any atom is 0.238 e. The van der Waals surface area contributed by atoms with Gasteiger partial charge in [-0.3, -0.25) is 4.90 Å². The lowest BCUT2D eigenvalue weighted by atomic mass is 10.0. The van der Waals surface area contributed by atoms with Gasteiger partial charge in [0.15, 0.2) is 0 Å². The van der Waals surface area contributed by atoms with Crippen LogP contribution in [0.4, 0.5) is 21.6 Å². The molecule has 0 spiro atoms. The Morgan fingerprint density at radius 2 is 2.14 bits per heavy atom. The molecule has 2 aromatic heterocycles. The number of β-amino-alcohol motifs (C(OH)–C–C–N with tert-alkyl or cyclic N) is 1. The zero-order valence-electron chi connectivity index (χ0n) is 20.1. The van der Waals surface area contributed by atoms with Gasteiger partial charge in [0.1, 0.15) is 29.8 Å². The number of aromatic nitrogens is 3. The van der Waals surface area contributed by atoms with E-state index in [1.165, 1.54) is 18.6 Å². The molecule has 3 aromatic rings. The molecule has 11 heteroatoms. The molecule has 2 unspecified atom stereocenters. The van der Waals surface area contributed by atoms with Crippen LogP contribution in [0.1, 0.15) is 26.7 Å². The summed E-state index contributed by atoms with van der Waals surface area (Å²) in [6.45, 7) is 5.73. The van der Waals surface area contributed by atoms with E-state index in [0.29, 0.717) is 35.9 Å². The highest BCUT2D eigenvalue weighted by Crippen LogP contribution is 2.32. The van der Waals surface area contributed by atoms with Crippen molar-refractivity contribution in [2.75, 3.05) is 35.9 Å². The predicted molar refractivity (Wildman–Crippen MR) is 138 cm³/mol. The minimum atomic E-state index is -2.57. The Labute approximate surface area is 204 Å². The highest BCUT2D eigenvalue weighted by molar-refractivity contribution is 8.00. The summed E-state index contributed by atoms with van der Waals surface area (Å²) in [5.74, 6) is 3.61. The number of nitrogens with one attached hydrogen (secondary N) is 2. The molecule has 3 heterocycles. The van der Waals surface area contributed by atoms with Crippen molar-refractivity contribution in [2.24, 2.45) is 0 Å². The first kappa shape index (κ1) is 25.1. The van der Waals surface area contributed by atoms with E-state index < -0.39 is 21.1 Å². The van der Waals surface area contributed by atoms with E-state index >= 15 is 4.39 Å². The van der Waals surface area contributed by atoms with Crippen molar-refractivity contribution in [3.8, 4) is 5.88 Å². The summed E-state index contributed by atoms with van der Waals surface area (Å²) in [4.78, 5) is 15.0. The number of likely N-dealkylation sites (tertiary alicyclic amines) is 1. The molecular formula is C24H31FN6O3S. The monoisotopic (exact) mass is 502 g/mol. The topological polar surface area (TPSA) is 112 Å². The number of hydrogen-bond donors (Lipinski definition) is 3. The van der Waals surface area contributed by atoms with Crippen LogP contribution >= 0.6 is 0 Å². The molecular weight excluding hydrogens is 471 g/mol. The largest absolute Gasteiger partial charge is 0.472 e. The van der Waals surface area contributed by atoms with Crippen LogP contribution in [-0.2, 0) is 9.71 Å². The Morgan fingerprint density at radius 1 is 1.34 bits per heavy atom. The normalized spacial score (nSPS) is 18.7. The molecule has 1 fully saturated rings. The molecule has 0 radical (unpaired) electrons. The second-order valence-electron chi connectivity index (χ2n) is 9.59. The number of nitrogens with zero attached hydrogens (tertiary/aromatic N) is 4. The van der Waals surface area contributed by atoms with E-state index in [9.17, 15) is 9.32 Å². The number of aliphatic hydroxyl groups is 1. The zero-order valence-corrected chi connectivity index (χ0v) is 20.9. The quantitative estimate of drug-likeness (QED) is 0.403. The van der Waals surface area contributed by atoms with Gasteiger partial charge in [-0.25, -0.2) is 23.6 Å². The lowest BCUT2D eigenvalue weighted by Gasteiger charge is -2.35. The zero-order chi connectivity index (χ0) is 25.2. The SMILES string of the molecule is C=S(C)(=O)Nc1cc(F)c2c(Nc3cccnc3OC3CCCN(CC(C)(C)O)C3)ncnc2c1. The molecule has 0 amide bonds. The van der Waals surface area contributed by atoms with Crippen LogP contribution < -0.4 is 14.8 Å². The van der Waals surface area contributed by atoms with Gasteiger partial charge in [-0.2, -0.15) is 0 Å². The first-order chi connectivity index (χ1) is 16.5.